The summed E-state index contributed by atoms with van der Waals surface area (Å²) in [4.78, 5) is 19.5. The molecule has 0 aliphatic carbocycles. The fourth-order valence-electron chi connectivity index (χ4n) is 2.95. The molecule has 6 nitrogen and oxygen atoms in total. The molecule has 0 bridgehead atoms. The Bertz CT molecular complexity index is 1150. The first kappa shape index (κ1) is 19.3. The summed E-state index contributed by atoms with van der Waals surface area (Å²) in [6.07, 6.45) is 3.21. The van der Waals surface area contributed by atoms with Gasteiger partial charge in [0, 0.05) is 6.08 Å². The van der Waals surface area contributed by atoms with Gasteiger partial charge in [-0.05, 0) is 53.6 Å². The van der Waals surface area contributed by atoms with Crippen molar-refractivity contribution in [3.8, 4) is 11.5 Å². The van der Waals surface area contributed by atoms with Crippen LogP contribution in [0.15, 0.2) is 78.9 Å². The highest BCUT2D eigenvalue weighted by atomic mass is 16.5. The van der Waals surface area contributed by atoms with Crippen LogP contribution in [0.5, 0.6) is 11.5 Å². The molecule has 150 valence electrons. The van der Waals surface area contributed by atoms with Gasteiger partial charge in [-0.2, -0.15) is 0 Å². The van der Waals surface area contributed by atoms with Gasteiger partial charge in [-0.15, -0.1) is 0 Å². The Morgan fingerprint density at radius 3 is 2.67 bits per heavy atom. The number of carbonyl (C=O) groups excluding carboxylic acids is 1. The second-order valence-corrected chi connectivity index (χ2v) is 6.63. The van der Waals surface area contributed by atoms with E-state index in [9.17, 15) is 4.79 Å². The summed E-state index contributed by atoms with van der Waals surface area (Å²) in [6, 6.07) is 22.9. The maximum absolute atomic E-state index is 12.1. The molecule has 30 heavy (non-hydrogen) atoms. The monoisotopic (exact) mass is 399 g/mol. The Kier molecular flexibility index (Phi) is 5.75. The summed E-state index contributed by atoms with van der Waals surface area (Å²) < 4.78 is 11.0. The Labute approximate surface area is 174 Å². The van der Waals surface area contributed by atoms with Gasteiger partial charge >= 0.3 is 0 Å². The summed E-state index contributed by atoms with van der Waals surface area (Å²) >= 11 is 0. The average Bonchev–Trinajstić information content (AvgIpc) is 3.19. The fraction of sp³-hybridized carbons (Fsp3) is 0.0833. The number of ether oxygens (including phenoxy) is 2. The number of amides is 1. The van der Waals surface area contributed by atoms with Crippen LogP contribution in [0.3, 0.4) is 0 Å². The van der Waals surface area contributed by atoms with E-state index in [1.54, 1.807) is 13.2 Å². The summed E-state index contributed by atoms with van der Waals surface area (Å²) in [5.74, 6) is 1.72. The van der Waals surface area contributed by atoms with Crippen LogP contribution in [0, 0.1) is 0 Å². The smallest absolute Gasteiger partial charge is 0.250 e. The average molecular weight is 399 g/mol. The Balaban J connectivity index is 1.32. The molecule has 2 N–H and O–H groups in total. The quantitative estimate of drug-likeness (QED) is 0.438. The van der Waals surface area contributed by atoms with Crippen LogP contribution in [-0.2, 0) is 11.4 Å². The van der Waals surface area contributed by atoms with Gasteiger partial charge in [0.25, 0.3) is 5.91 Å². The van der Waals surface area contributed by atoms with Gasteiger partial charge in [-0.1, -0.05) is 36.4 Å². The number of carbonyl (C=O) groups is 1. The number of methoxy groups -OCH3 is 1. The second-order valence-electron chi connectivity index (χ2n) is 6.63. The molecule has 0 saturated heterocycles. The third kappa shape index (κ3) is 4.86. The van der Waals surface area contributed by atoms with Gasteiger partial charge in [0.2, 0.25) is 5.95 Å². The molecule has 0 aliphatic rings. The summed E-state index contributed by atoms with van der Waals surface area (Å²) in [7, 11) is 1.64. The Hall–Kier alpha value is -4.06. The van der Waals surface area contributed by atoms with Crippen LogP contribution < -0.4 is 14.8 Å². The molecular formula is C24H21N3O3. The number of fused-ring (bicyclic) bond motifs is 1. The normalized spacial score (nSPS) is 11.0. The minimum atomic E-state index is -0.257. The molecule has 3 aromatic carbocycles. The van der Waals surface area contributed by atoms with E-state index < -0.39 is 0 Å². The topological polar surface area (TPSA) is 76.2 Å². The lowest BCUT2D eigenvalue weighted by molar-refractivity contribution is -0.111. The lowest BCUT2D eigenvalue weighted by Crippen LogP contribution is -2.08. The second kappa shape index (κ2) is 8.96. The van der Waals surface area contributed by atoms with Gasteiger partial charge in [0.05, 0.1) is 18.1 Å². The lowest BCUT2D eigenvalue weighted by Gasteiger charge is -2.08. The van der Waals surface area contributed by atoms with Crippen LogP contribution in [0.25, 0.3) is 17.1 Å². The predicted octanol–water partition coefficient (Wildman–Crippen LogP) is 4.80. The molecule has 4 aromatic rings. The van der Waals surface area contributed by atoms with Crippen molar-refractivity contribution >= 4 is 29.0 Å². The molecule has 0 unspecified atom stereocenters. The molecule has 0 spiro atoms. The first-order valence-electron chi connectivity index (χ1n) is 9.49. The van der Waals surface area contributed by atoms with Crippen LogP contribution >= 0.6 is 0 Å². The number of H-pyrrole nitrogens is 1. The van der Waals surface area contributed by atoms with E-state index in [0.717, 1.165) is 33.7 Å². The van der Waals surface area contributed by atoms with Crippen molar-refractivity contribution < 1.29 is 14.3 Å². The van der Waals surface area contributed by atoms with E-state index in [0.29, 0.717) is 12.6 Å². The number of nitrogens with one attached hydrogen (secondary N) is 2. The number of anilines is 1. The van der Waals surface area contributed by atoms with E-state index in [2.05, 4.69) is 15.3 Å². The van der Waals surface area contributed by atoms with E-state index in [1.807, 2.05) is 72.8 Å². The maximum Gasteiger partial charge on any atom is 0.250 e. The fourth-order valence-corrected chi connectivity index (χ4v) is 2.95. The molecule has 0 radical (unpaired) electrons. The third-order valence-electron chi connectivity index (χ3n) is 4.48. The van der Waals surface area contributed by atoms with Crippen molar-refractivity contribution in [3.05, 3.63) is 90.0 Å². The van der Waals surface area contributed by atoms with Crippen molar-refractivity contribution in [1.82, 2.24) is 9.97 Å². The first-order chi connectivity index (χ1) is 14.7. The number of hydrogen-bond donors (Lipinski definition) is 2. The molecule has 0 aliphatic heterocycles. The highest BCUT2D eigenvalue weighted by molar-refractivity contribution is 6.01. The maximum atomic E-state index is 12.1. The van der Waals surface area contributed by atoms with Crippen molar-refractivity contribution in [2.75, 3.05) is 12.4 Å². The molecule has 1 aromatic heterocycles. The van der Waals surface area contributed by atoms with Crippen LogP contribution in [0.2, 0.25) is 0 Å². The summed E-state index contributed by atoms with van der Waals surface area (Å²) in [6.45, 7) is 0.451. The Morgan fingerprint density at radius 2 is 1.87 bits per heavy atom. The molecule has 0 atom stereocenters. The van der Waals surface area contributed by atoms with Crippen LogP contribution in [0.1, 0.15) is 11.1 Å². The minimum absolute atomic E-state index is 0.257. The molecule has 0 saturated carbocycles. The van der Waals surface area contributed by atoms with Gasteiger partial charge in [-0.3, -0.25) is 10.1 Å². The SMILES string of the molecule is COc1cccc(COc2ccc(/C=C/C(=O)Nc3nc4ccccc4[nH]3)cc2)c1. The zero-order valence-corrected chi connectivity index (χ0v) is 16.5. The number of aromatic nitrogens is 2. The van der Waals surface area contributed by atoms with E-state index in [4.69, 9.17) is 9.47 Å². The van der Waals surface area contributed by atoms with Crippen LogP contribution in [-0.4, -0.2) is 23.0 Å². The number of aromatic amines is 1. The summed E-state index contributed by atoms with van der Waals surface area (Å²) in [5, 5.41) is 2.73. The van der Waals surface area contributed by atoms with Gasteiger partial charge < -0.3 is 14.5 Å². The van der Waals surface area contributed by atoms with Gasteiger partial charge in [0.15, 0.2) is 0 Å². The van der Waals surface area contributed by atoms with Gasteiger partial charge in [0.1, 0.15) is 18.1 Å². The molecule has 6 heteroatoms. The number of benzene rings is 3. The van der Waals surface area contributed by atoms with Crippen molar-refractivity contribution in [3.63, 3.8) is 0 Å². The van der Waals surface area contributed by atoms with E-state index in [-0.39, 0.29) is 5.91 Å². The molecule has 1 heterocycles. The largest absolute Gasteiger partial charge is 0.497 e. The predicted molar refractivity (Wildman–Crippen MR) is 118 cm³/mol. The van der Waals surface area contributed by atoms with Crippen molar-refractivity contribution in [1.29, 1.82) is 0 Å². The number of hydrogen-bond acceptors (Lipinski definition) is 4. The van der Waals surface area contributed by atoms with Crippen molar-refractivity contribution in [2.45, 2.75) is 6.61 Å². The number of imidazole rings is 1. The lowest BCUT2D eigenvalue weighted by atomic mass is 10.2. The van der Waals surface area contributed by atoms with Crippen LogP contribution in [0.4, 0.5) is 5.95 Å². The molecule has 0 fully saturated rings. The zero-order valence-electron chi connectivity index (χ0n) is 16.5. The minimum Gasteiger partial charge on any atom is -0.497 e. The highest BCUT2D eigenvalue weighted by Crippen LogP contribution is 2.18. The van der Waals surface area contributed by atoms with Gasteiger partial charge in [-0.25, -0.2) is 4.98 Å². The highest BCUT2D eigenvalue weighted by Gasteiger charge is 2.04. The Morgan fingerprint density at radius 1 is 1.03 bits per heavy atom. The number of rotatable bonds is 7. The number of para-hydroxylation sites is 2. The molecule has 1 amide bonds. The molecule has 4 rings (SSSR count). The number of nitrogens with zero attached hydrogens (tertiary/aromatic N) is 1. The van der Waals surface area contributed by atoms with E-state index in [1.165, 1.54) is 6.08 Å². The standard InChI is InChI=1S/C24H21N3O3/c1-29-20-6-4-5-18(15-20)16-30-19-12-9-17(10-13-19)11-14-23(28)27-24-25-21-7-2-3-8-22(21)26-24/h2-15H,16H2,1H3,(H2,25,26,27,28)/b14-11+. The van der Waals surface area contributed by atoms with E-state index >= 15 is 0 Å². The first-order valence-corrected chi connectivity index (χ1v) is 9.49. The summed E-state index contributed by atoms with van der Waals surface area (Å²) in [5.41, 5.74) is 3.60. The zero-order chi connectivity index (χ0) is 20.8. The van der Waals surface area contributed by atoms with Crippen molar-refractivity contribution in [2.24, 2.45) is 0 Å². The molecular weight excluding hydrogens is 378 g/mol. The third-order valence-corrected chi connectivity index (χ3v) is 4.48.